The number of carbonyl (C=O) groups excluding carboxylic acids is 2. The molecule has 7 nitrogen and oxygen atoms in total. The van der Waals surface area contributed by atoms with Crippen molar-refractivity contribution in [2.75, 3.05) is 11.9 Å². The molecule has 0 radical (unpaired) electrons. The van der Waals surface area contributed by atoms with Crippen LogP contribution in [0.1, 0.15) is 53.1 Å². The number of nitrogens with one attached hydrogen (secondary N) is 2. The van der Waals surface area contributed by atoms with Gasteiger partial charge in [-0.2, -0.15) is 5.10 Å². The van der Waals surface area contributed by atoms with Crippen molar-refractivity contribution in [2.45, 2.75) is 33.7 Å². The number of carbonyl (C=O) groups is 2. The highest BCUT2D eigenvalue weighted by molar-refractivity contribution is 7.13. The highest BCUT2D eigenvalue weighted by Crippen LogP contribution is 2.29. The van der Waals surface area contributed by atoms with Crippen molar-refractivity contribution >= 4 is 39.9 Å². The highest BCUT2D eigenvalue weighted by Gasteiger charge is 2.20. The summed E-state index contributed by atoms with van der Waals surface area (Å²) >= 11 is 1.57. The Balaban J connectivity index is 1.77. The standard InChI is InChI=1S/C24H25N5O2S/c1-5-25-23(30)16-9-8-15(4)19(11-16)28-24(31)17-12-20(21-7-6-10-32-21)27-22-18(17)13-26-29(22)14(2)3/h6-14H,5H2,1-4H3,(H,25,30)(H,28,31). The Bertz CT molecular complexity index is 1290. The molecule has 8 heteroatoms. The van der Waals surface area contributed by atoms with Crippen molar-refractivity contribution in [1.29, 1.82) is 0 Å². The molecule has 0 aliphatic rings. The van der Waals surface area contributed by atoms with Crippen LogP contribution in [-0.2, 0) is 0 Å². The van der Waals surface area contributed by atoms with Gasteiger partial charge in [-0.1, -0.05) is 12.1 Å². The van der Waals surface area contributed by atoms with Crippen molar-refractivity contribution in [3.63, 3.8) is 0 Å². The van der Waals surface area contributed by atoms with Crippen LogP contribution in [0.5, 0.6) is 0 Å². The molecule has 0 fully saturated rings. The van der Waals surface area contributed by atoms with E-state index in [1.807, 2.05) is 56.0 Å². The predicted octanol–water partition coefficient (Wildman–Crippen LogP) is 5.05. The van der Waals surface area contributed by atoms with Gasteiger partial charge in [0.1, 0.15) is 0 Å². The van der Waals surface area contributed by atoms with E-state index in [0.29, 0.717) is 34.4 Å². The van der Waals surface area contributed by atoms with Gasteiger partial charge < -0.3 is 10.6 Å². The summed E-state index contributed by atoms with van der Waals surface area (Å²) in [6, 6.07) is 11.1. The summed E-state index contributed by atoms with van der Waals surface area (Å²) < 4.78 is 1.82. The average molecular weight is 448 g/mol. The minimum Gasteiger partial charge on any atom is -0.352 e. The first-order chi connectivity index (χ1) is 15.4. The average Bonchev–Trinajstić information content (AvgIpc) is 3.44. The first-order valence-electron chi connectivity index (χ1n) is 10.5. The summed E-state index contributed by atoms with van der Waals surface area (Å²) in [5.74, 6) is -0.442. The maximum Gasteiger partial charge on any atom is 0.256 e. The first kappa shape index (κ1) is 21.7. The van der Waals surface area contributed by atoms with Crippen LogP contribution in [0, 0.1) is 6.92 Å². The SMILES string of the molecule is CCNC(=O)c1ccc(C)c(NC(=O)c2cc(-c3cccs3)nc3c2cnn3C(C)C)c1. The van der Waals surface area contributed by atoms with Crippen LogP contribution in [0.3, 0.4) is 0 Å². The molecular formula is C24H25N5O2S. The van der Waals surface area contributed by atoms with E-state index >= 15 is 0 Å². The summed E-state index contributed by atoms with van der Waals surface area (Å²) in [5, 5.41) is 12.9. The van der Waals surface area contributed by atoms with E-state index in [2.05, 4.69) is 15.7 Å². The number of pyridine rings is 1. The van der Waals surface area contributed by atoms with E-state index in [4.69, 9.17) is 4.98 Å². The Morgan fingerprint density at radius 2 is 1.97 bits per heavy atom. The van der Waals surface area contributed by atoms with Gasteiger partial charge in [0.05, 0.1) is 27.7 Å². The van der Waals surface area contributed by atoms with Gasteiger partial charge >= 0.3 is 0 Å². The number of nitrogens with zero attached hydrogens (tertiary/aromatic N) is 3. The van der Waals surface area contributed by atoms with E-state index in [1.54, 1.807) is 35.7 Å². The van der Waals surface area contributed by atoms with Crippen molar-refractivity contribution in [2.24, 2.45) is 0 Å². The number of anilines is 1. The molecule has 0 saturated heterocycles. The van der Waals surface area contributed by atoms with Gasteiger partial charge in [0.2, 0.25) is 0 Å². The van der Waals surface area contributed by atoms with Crippen molar-refractivity contribution in [1.82, 2.24) is 20.1 Å². The molecule has 0 aliphatic carbocycles. The molecule has 0 atom stereocenters. The molecule has 3 heterocycles. The number of aryl methyl sites for hydroxylation is 1. The van der Waals surface area contributed by atoms with Crippen LogP contribution in [0.15, 0.2) is 48.0 Å². The normalized spacial score (nSPS) is 11.2. The third-order valence-electron chi connectivity index (χ3n) is 5.16. The predicted molar refractivity (Wildman–Crippen MR) is 128 cm³/mol. The van der Waals surface area contributed by atoms with Gasteiger partial charge in [0, 0.05) is 23.8 Å². The van der Waals surface area contributed by atoms with E-state index < -0.39 is 0 Å². The zero-order valence-electron chi connectivity index (χ0n) is 18.5. The lowest BCUT2D eigenvalue weighted by molar-refractivity contribution is 0.0954. The van der Waals surface area contributed by atoms with E-state index in [-0.39, 0.29) is 17.9 Å². The number of aromatic nitrogens is 3. The smallest absolute Gasteiger partial charge is 0.256 e. The van der Waals surface area contributed by atoms with Crippen molar-refractivity contribution < 1.29 is 9.59 Å². The molecular weight excluding hydrogens is 422 g/mol. The topological polar surface area (TPSA) is 88.9 Å². The summed E-state index contributed by atoms with van der Waals surface area (Å²) in [5.41, 5.74) is 3.86. The largest absolute Gasteiger partial charge is 0.352 e. The minimum absolute atomic E-state index is 0.102. The lowest BCUT2D eigenvalue weighted by atomic mass is 10.1. The fraction of sp³-hybridized carbons (Fsp3) is 0.250. The van der Waals surface area contributed by atoms with Gasteiger partial charge in [0.15, 0.2) is 5.65 Å². The van der Waals surface area contributed by atoms with Crippen LogP contribution in [-0.4, -0.2) is 33.1 Å². The third kappa shape index (κ3) is 4.13. The van der Waals surface area contributed by atoms with Gasteiger partial charge in [-0.25, -0.2) is 9.67 Å². The fourth-order valence-electron chi connectivity index (χ4n) is 3.48. The number of hydrogen-bond acceptors (Lipinski definition) is 5. The molecule has 0 aliphatic heterocycles. The molecule has 0 spiro atoms. The van der Waals surface area contributed by atoms with E-state index in [0.717, 1.165) is 16.1 Å². The third-order valence-corrected chi connectivity index (χ3v) is 6.05. The van der Waals surface area contributed by atoms with Crippen molar-refractivity contribution in [3.05, 3.63) is 64.7 Å². The van der Waals surface area contributed by atoms with Gasteiger partial charge in [-0.05, 0) is 62.9 Å². The van der Waals surface area contributed by atoms with E-state index in [9.17, 15) is 9.59 Å². The number of amides is 2. The fourth-order valence-corrected chi connectivity index (χ4v) is 4.17. The molecule has 4 aromatic rings. The van der Waals surface area contributed by atoms with Crippen LogP contribution in [0.25, 0.3) is 21.6 Å². The second kappa shape index (κ2) is 8.92. The molecule has 0 bridgehead atoms. The maximum atomic E-state index is 13.4. The van der Waals surface area contributed by atoms with Gasteiger partial charge in [0.25, 0.3) is 11.8 Å². The Morgan fingerprint density at radius 3 is 2.66 bits per heavy atom. The van der Waals surface area contributed by atoms with Crippen LogP contribution < -0.4 is 10.6 Å². The monoisotopic (exact) mass is 447 g/mol. The first-order valence-corrected chi connectivity index (χ1v) is 11.4. The minimum atomic E-state index is -0.269. The van der Waals surface area contributed by atoms with Crippen LogP contribution >= 0.6 is 11.3 Å². The number of fused-ring (bicyclic) bond motifs is 1. The molecule has 2 N–H and O–H groups in total. The summed E-state index contributed by atoms with van der Waals surface area (Å²) in [6.45, 7) is 8.36. The Labute approximate surface area is 190 Å². The van der Waals surface area contributed by atoms with Gasteiger partial charge in [-0.15, -0.1) is 11.3 Å². The molecule has 32 heavy (non-hydrogen) atoms. The molecule has 3 aromatic heterocycles. The zero-order valence-corrected chi connectivity index (χ0v) is 19.3. The summed E-state index contributed by atoms with van der Waals surface area (Å²) in [6.07, 6.45) is 1.69. The Hall–Kier alpha value is -3.52. The number of rotatable bonds is 6. The lowest BCUT2D eigenvalue weighted by Crippen LogP contribution is -2.23. The zero-order chi connectivity index (χ0) is 22.8. The molecule has 1 aromatic carbocycles. The molecule has 0 unspecified atom stereocenters. The maximum absolute atomic E-state index is 13.4. The van der Waals surface area contributed by atoms with E-state index in [1.165, 1.54) is 0 Å². The second-order valence-electron chi connectivity index (χ2n) is 7.80. The number of benzene rings is 1. The number of hydrogen-bond donors (Lipinski definition) is 2. The molecule has 2 amide bonds. The lowest BCUT2D eigenvalue weighted by Gasteiger charge is -2.13. The highest BCUT2D eigenvalue weighted by atomic mass is 32.1. The van der Waals surface area contributed by atoms with Crippen LogP contribution in [0.2, 0.25) is 0 Å². The summed E-state index contributed by atoms with van der Waals surface area (Å²) in [7, 11) is 0. The van der Waals surface area contributed by atoms with Crippen LogP contribution in [0.4, 0.5) is 5.69 Å². The van der Waals surface area contributed by atoms with Crippen molar-refractivity contribution in [3.8, 4) is 10.6 Å². The molecule has 4 rings (SSSR count). The van der Waals surface area contributed by atoms with Gasteiger partial charge in [-0.3, -0.25) is 9.59 Å². The second-order valence-corrected chi connectivity index (χ2v) is 8.74. The summed E-state index contributed by atoms with van der Waals surface area (Å²) in [4.78, 5) is 31.4. The molecule has 0 saturated carbocycles. The Morgan fingerprint density at radius 1 is 1.16 bits per heavy atom. The number of thiophene rings is 1. The quantitative estimate of drug-likeness (QED) is 0.433. The molecule has 164 valence electrons. The Kier molecular flexibility index (Phi) is 6.05.